The molecule has 0 spiro atoms. The van der Waals surface area contributed by atoms with Gasteiger partial charge in [0.05, 0.1) is 4.92 Å². The van der Waals surface area contributed by atoms with Crippen molar-refractivity contribution in [2.45, 2.75) is 34.6 Å². The van der Waals surface area contributed by atoms with Crippen LogP contribution in [0.2, 0.25) is 0 Å². The zero-order valence-corrected chi connectivity index (χ0v) is 15.9. The highest BCUT2D eigenvalue weighted by molar-refractivity contribution is 5.73. The highest BCUT2D eigenvalue weighted by Gasteiger charge is 2.28. The highest BCUT2D eigenvalue weighted by Crippen LogP contribution is 2.34. The second-order valence-electron chi connectivity index (χ2n) is 7.13. The van der Waals surface area contributed by atoms with Gasteiger partial charge in [0.2, 0.25) is 11.6 Å². The minimum atomic E-state index is -0.429. The molecule has 0 unspecified atom stereocenters. The Balaban J connectivity index is 2.47. The van der Waals surface area contributed by atoms with Crippen LogP contribution in [0.4, 0.5) is 23.1 Å². The maximum atomic E-state index is 11.8. The normalized spacial score (nSPS) is 11.0. The van der Waals surface area contributed by atoms with Crippen molar-refractivity contribution in [1.29, 1.82) is 0 Å². The van der Waals surface area contributed by atoms with Crippen LogP contribution < -0.4 is 10.2 Å². The number of nitrogens with one attached hydrogen (secondary N) is 1. The first-order valence-electron chi connectivity index (χ1n) is 8.73. The number of pyridine rings is 1. The van der Waals surface area contributed by atoms with Crippen LogP contribution in [0, 0.1) is 28.9 Å². The standard InChI is InChI=1S/C18H26N6O2/c1-12(2)9-23(10-13(3)4)18-16(24(25)26)17(19-11-20-18)22-15-8-6-7-14(5)21-15/h6-8,11-13H,9-10H2,1-5H3,(H,19,20,21,22). The van der Waals surface area contributed by atoms with Gasteiger partial charge in [-0.25, -0.2) is 15.0 Å². The van der Waals surface area contributed by atoms with E-state index in [4.69, 9.17) is 0 Å². The summed E-state index contributed by atoms with van der Waals surface area (Å²) in [5.74, 6) is 1.69. The first-order valence-corrected chi connectivity index (χ1v) is 8.73. The molecule has 0 saturated heterocycles. The lowest BCUT2D eigenvalue weighted by Crippen LogP contribution is -2.32. The highest BCUT2D eigenvalue weighted by atomic mass is 16.6. The summed E-state index contributed by atoms with van der Waals surface area (Å²) in [5.41, 5.74) is 0.685. The molecule has 0 atom stereocenters. The fourth-order valence-corrected chi connectivity index (χ4v) is 2.72. The lowest BCUT2D eigenvalue weighted by molar-refractivity contribution is -0.383. The summed E-state index contributed by atoms with van der Waals surface area (Å²) in [5, 5.41) is 14.8. The van der Waals surface area contributed by atoms with Gasteiger partial charge < -0.3 is 10.2 Å². The minimum absolute atomic E-state index is 0.128. The third-order valence-corrected chi connectivity index (χ3v) is 3.59. The fraction of sp³-hybridized carbons (Fsp3) is 0.500. The Labute approximate surface area is 153 Å². The van der Waals surface area contributed by atoms with Gasteiger partial charge in [-0.15, -0.1) is 0 Å². The molecule has 2 aromatic heterocycles. The summed E-state index contributed by atoms with van der Waals surface area (Å²) in [6.45, 7) is 11.5. The number of nitrogens with zero attached hydrogens (tertiary/aromatic N) is 5. The number of hydrogen-bond donors (Lipinski definition) is 1. The van der Waals surface area contributed by atoms with Crippen LogP contribution in [-0.2, 0) is 0 Å². The molecule has 0 radical (unpaired) electrons. The Bertz CT molecular complexity index is 753. The average Bonchev–Trinajstić information content (AvgIpc) is 2.53. The van der Waals surface area contributed by atoms with Crippen LogP contribution >= 0.6 is 0 Å². The van der Waals surface area contributed by atoms with Crippen LogP contribution in [0.3, 0.4) is 0 Å². The second kappa shape index (κ2) is 8.55. The first-order chi connectivity index (χ1) is 12.3. The first kappa shape index (κ1) is 19.6. The van der Waals surface area contributed by atoms with Gasteiger partial charge in [-0.05, 0) is 30.9 Å². The van der Waals surface area contributed by atoms with Crippen molar-refractivity contribution in [3.8, 4) is 0 Å². The summed E-state index contributed by atoms with van der Waals surface area (Å²) in [6, 6.07) is 5.44. The van der Waals surface area contributed by atoms with Crippen LogP contribution in [0.1, 0.15) is 33.4 Å². The van der Waals surface area contributed by atoms with E-state index in [1.165, 1.54) is 6.33 Å². The topological polar surface area (TPSA) is 97.1 Å². The van der Waals surface area contributed by atoms with Crippen molar-refractivity contribution in [2.75, 3.05) is 23.3 Å². The van der Waals surface area contributed by atoms with Crippen molar-refractivity contribution < 1.29 is 4.92 Å². The van der Waals surface area contributed by atoms with Crippen molar-refractivity contribution in [2.24, 2.45) is 11.8 Å². The number of rotatable bonds is 8. The summed E-state index contributed by atoms with van der Waals surface area (Å²) in [4.78, 5) is 26.0. The Morgan fingerprint density at radius 1 is 1.15 bits per heavy atom. The van der Waals surface area contributed by atoms with Gasteiger partial charge in [0.1, 0.15) is 12.1 Å². The number of anilines is 3. The molecule has 0 saturated carbocycles. The zero-order valence-electron chi connectivity index (χ0n) is 15.9. The molecule has 0 amide bonds. The molecule has 0 aliphatic carbocycles. The molecule has 8 nitrogen and oxygen atoms in total. The molecule has 0 aliphatic heterocycles. The van der Waals surface area contributed by atoms with E-state index in [2.05, 4.69) is 48.0 Å². The maximum absolute atomic E-state index is 11.8. The van der Waals surface area contributed by atoms with Crippen LogP contribution in [0.25, 0.3) is 0 Å². The molecule has 8 heteroatoms. The lowest BCUT2D eigenvalue weighted by atomic mass is 10.1. The van der Waals surface area contributed by atoms with Crippen molar-refractivity contribution >= 4 is 23.1 Å². The molecular weight excluding hydrogens is 332 g/mol. The number of hydrogen-bond acceptors (Lipinski definition) is 7. The molecule has 2 aromatic rings. The van der Waals surface area contributed by atoms with Gasteiger partial charge in [-0.1, -0.05) is 33.8 Å². The van der Waals surface area contributed by atoms with Crippen LogP contribution in [0.5, 0.6) is 0 Å². The lowest BCUT2D eigenvalue weighted by Gasteiger charge is -2.27. The Kier molecular flexibility index (Phi) is 6.43. The minimum Gasteiger partial charge on any atom is -0.350 e. The molecule has 140 valence electrons. The van der Waals surface area contributed by atoms with Gasteiger partial charge in [-0.2, -0.15) is 0 Å². The van der Waals surface area contributed by atoms with Gasteiger partial charge in [0, 0.05) is 18.8 Å². The molecule has 26 heavy (non-hydrogen) atoms. The summed E-state index contributed by atoms with van der Waals surface area (Å²) >= 11 is 0. The number of nitro groups is 1. The van der Waals surface area contributed by atoms with Gasteiger partial charge in [0.25, 0.3) is 0 Å². The molecule has 1 N–H and O–H groups in total. The van der Waals surface area contributed by atoms with Gasteiger partial charge >= 0.3 is 5.69 Å². The molecule has 2 heterocycles. The monoisotopic (exact) mass is 358 g/mol. The van der Waals surface area contributed by atoms with Crippen LogP contribution in [-0.4, -0.2) is 33.0 Å². The molecule has 0 aliphatic rings. The number of aromatic nitrogens is 3. The van der Waals surface area contributed by atoms with E-state index in [0.717, 1.165) is 5.69 Å². The predicted molar refractivity (Wildman–Crippen MR) is 103 cm³/mol. The quantitative estimate of drug-likeness (QED) is 0.563. The maximum Gasteiger partial charge on any atom is 0.353 e. The second-order valence-corrected chi connectivity index (χ2v) is 7.13. The predicted octanol–water partition coefficient (Wildman–Crippen LogP) is 3.95. The Morgan fingerprint density at radius 3 is 2.35 bits per heavy atom. The third kappa shape index (κ3) is 5.11. The van der Waals surface area contributed by atoms with Crippen molar-refractivity contribution in [1.82, 2.24) is 15.0 Å². The molecule has 0 aromatic carbocycles. The van der Waals surface area contributed by atoms with Crippen LogP contribution in [0.15, 0.2) is 24.5 Å². The Hall–Kier alpha value is -2.77. The Morgan fingerprint density at radius 2 is 1.81 bits per heavy atom. The molecular formula is C18H26N6O2. The van der Waals surface area contributed by atoms with E-state index in [0.29, 0.717) is 36.6 Å². The van der Waals surface area contributed by atoms with Gasteiger partial charge in [-0.3, -0.25) is 10.1 Å². The third-order valence-electron chi connectivity index (χ3n) is 3.59. The van der Waals surface area contributed by atoms with Crippen molar-refractivity contribution in [3.05, 3.63) is 40.3 Å². The SMILES string of the molecule is Cc1cccc(Nc2ncnc(N(CC(C)C)CC(C)C)c2[N+](=O)[O-])n1. The van der Waals surface area contributed by atoms with E-state index in [1.807, 2.05) is 24.0 Å². The smallest absolute Gasteiger partial charge is 0.350 e. The zero-order chi connectivity index (χ0) is 19.3. The largest absolute Gasteiger partial charge is 0.353 e. The fourth-order valence-electron chi connectivity index (χ4n) is 2.72. The summed E-state index contributed by atoms with van der Waals surface area (Å²) in [7, 11) is 0. The van der Waals surface area contributed by atoms with E-state index in [9.17, 15) is 10.1 Å². The van der Waals surface area contributed by atoms with E-state index in [-0.39, 0.29) is 11.5 Å². The van der Waals surface area contributed by atoms with E-state index < -0.39 is 4.92 Å². The van der Waals surface area contributed by atoms with E-state index >= 15 is 0 Å². The van der Waals surface area contributed by atoms with Crippen molar-refractivity contribution in [3.63, 3.8) is 0 Å². The average molecular weight is 358 g/mol. The summed E-state index contributed by atoms with van der Waals surface area (Å²) in [6.07, 6.45) is 1.36. The molecule has 0 fully saturated rings. The van der Waals surface area contributed by atoms with Gasteiger partial charge in [0.15, 0.2) is 0 Å². The number of aryl methyl sites for hydroxylation is 1. The summed E-state index contributed by atoms with van der Waals surface area (Å²) < 4.78 is 0. The molecule has 0 bridgehead atoms. The molecule has 2 rings (SSSR count). The van der Waals surface area contributed by atoms with E-state index in [1.54, 1.807) is 6.07 Å².